The highest BCUT2D eigenvalue weighted by Crippen LogP contribution is 2.36. The third-order valence-electron chi connectivity index (χ3n) is 1.97. The van der Waals surface area contributed by atoms with Crippen LogP contribution in [0.1, 0.15) is 11.1 Å². The zero-order chi connectivity index (χ0) is 9.42. The highest BCUT2D eigenvalue weighted by Gasteiger charge is 2.16. The molecule has 1 aliphatic rings. The molecule has 0 radical (unpaired) electrons. The van der Waals surface area contributed by atoms with Gasteiger partial charge in [0, 0.05) is 0 Å². The molecule has 0 aliphatic carbocycles. The molecule has 0 bridgehead atoms. The van der Waals surface area contributed by atoms with Gasteiger partial charge in [0.05, 0.1) is 10.0 Å². The lowest BCUT2D eigenvalue weighted by Gasteiger charge is -2.17. The molecule has 0 unspecified atom stereocenters. The van der Waals surface area contributed by atoms with Gasteiger partial charge in [-0.15, -0.1) is 0 Å². The molecule has 0 aromatic heterocycles. The van der Waals surface area contributed by atoms with Gasteiger partial charge < -0.3 is 9.84 Å². The van der Waals surface area contributed by atoms with Crippen LogP contribution in [-0.2, 0) is 0 Å². The monoisotopic (exact) mass is 240 g/mol. The van der Waals surface area contributed by atoms with E-state index in [1.807, 2.05) is 19.1 Å². The van der Waals surface area contributed by atoms with Crippen molar-refractivity contribution in [2.45, 2.75) is 6.92 Å². The molecule has 1 N–H and O–H groups in total. The zero-order valence-electron chi connectivity index (χ0n) is 7.17. The summed E-state index contributed by atoms with van der Waals surface area (Å²) in [4.78, 5) is 0. The number of halogens is 1. The van der Waals surface area contributed by atoms with Crippen molar-refractivity contribution in [3.8, 4) is 5.75 Å². The molecular weight excluding hydrogens is 232 g/mol. The lowest BCUT2D eigenvalue weighted by Crippen LogP contribution is -2.05. The van der Waals surface area contributed by atoms with Crippen LogP contribution in [0.2, 0.25) is 0 Å². The molecule has 2 nitrogen and oxygen atoms in total. The van der Waals surface area contributed by atoms with Crippen molar-refractivity contribution in [3.63, 3.8) is 0 Å². The second kappa shape index (κ2) is 3.07. The molecule has 0 atom stereocenters. The van der Waals surface area contributed by atoms with Crippen LogP contribution in [0.3, 0.4) is 0 Å². The van der Waals surface area contributed by atoms with E-state index in [2.05, 4.69) is 15.9 Å². The summed E-state index contributed by atoms with van der Waals surface area (Å²) in [5.74, 6) is 1.02. The molecule has 2 rings (SSSR count). The second-order valence-electron chi connectivity index (χ2n) is 3.02. The molecule has 0 saturated carbocycles. The van der Waals surface area contributed by atoms with E-state index in [4.69, 9.17) is 4.74 Å². The van der Waals surface area contributed by atoms with Gasteiger partial charge in [-0.2, -0.15) is 0 Å². The van der Waals surface area contributed by atoms with E-state index in [1.54, 1.807) is 6.08 Å². The molecule has 68 valence electrons. The maximum absolute atomic E-state index is 9.57. The lowest BCUT2D eigenvalue weighted by atomic mass is 10.1. The molecule has 0 spiro atoms. The molecule has 13 heavy (non-hydrogen) atoms. The van der Waals surface area contributed by atoms with E-state index in [1.165, 1.54) is 0 Å². The minimum Gasteiger partial charge on any atom is -0.507 e. The van der Waals surface area contributed by atoms with Crippen LogP contribution >= 0.6 is 15.9 Å². The van der Waals surface area contributed by atoms with Crippen LogP contribution in [0.25, 0.3) is 5.76 Å². The highest BCUT2D eigenvalue weighted by atomic mass is 79.9. The minimum atomic E-state index is 0.297. The van der Waals surface area contributed by atoms with Crippen LogP contribution in [-0.4, -0.2) is 11.7 Å². The van der Waals surface area contributed by atoms with E-state index in [0.29, 0.717) is 12.4 Å². The number of hydrogen-bond donors (Lipinski definition) is 1. The number of aliphatic hydroxyl groups is 1. The summed E-state index contributed by atoms with van der Waals surface area (Å²) >= 11 is 3.40. The molecule has 1 aromatic rings. The van der Waals surface area contributed by atoms with Crippen molar-refractivity contribution in [1.82, 2.24) is 0 Å². The van der Waals surface area contributed by atoms with Gasteiger partial charge in [-0.3, -0.25) is 0 Å². The number of aryl methyl sites for hydroxylation is 1. The van der Waals surface area contributed by atoms with Crippen LogP contribution in [0.5, 0.6) is 5.75 Å². The van der Waals surface area contributed by atoms with E-state index in [0.717, 1.165) is 21.3 Å². The Bertz CT molecular complexity index is 383. The average molecular weight is 241 g/mol. The molecular formula is C10H9BrO2. The van der Waals surface area contributed by atoms with Gasteiger partial charge in [0.2, 0.25) is 0 Å². The van der Waals surface area contributed by atoms with Gasteiger partial charge in [-0.25, -0.2) is 0 Å². The van der Waals surface area contributed by atoms with Crippen LogP contribution < -0.4 is 4.74 Å². The molecule has 1 heterocycles. The van der Waals surface area contributed by atoms with Gasteiger partial charge in [0.25, 0.3) is 0 Å². The van der Waals surface area contributed by atoms with Gasteiger partial charge in [-0.05, 0) is 46.6 Å². The summed E-state index contributed by atoms with van der Waals surface area (Å²) in [6.45, 7) is 2.41. The van der Waals surface area contributed by atoms with Gasteiger partial charge in [0.15, 0.2) is 0 Å². The standard InChI is InChI=1S/C10H9BrO2/c1-6-4-7-9(12)2-3-13-10(7)8(11)5-6/h2,4-5,12H,3H2,1H3. The van der Waals surface area contributed by atoms with Crippen molar-refractivity contribution in [2.75, 3.05) is 6.61 Å². The first-order valence-electron chi connectivity index (χ1n) is 4.01. The Balaban J connectivity index is 2.66. The van der Waals surface area contributed by atoms with E-state index in [-0.39, 0.29) is 0 Å². The molecule has 1 aromatic carbocycles. The topological polar surface area (TPSA) is 29.5 Å². The number of rotatable bonds is 0. The molecule has 0 saturated heterocycles. The average Bonchev–Trinajstić information content (AvgIpc) is 2.07. The van der Waals surface area contributed by atoms with E-state index >= 15 is 0 Å². The van der Waals surface area contributed by atoms with E-state index < -0.39 is 0 Å². The molecule has 0 amide bonds. The summed E-state index contributed by atoms with van der Waals surface area (Å²) in [5.41, 5.74) is 1.86. The Morgan fingerprint density at radius 3 is 3.00 bits per heavy atom. The Hall–Kier alpha value is -0.960. The van der Waals surface area contributed by atoms with Crippen molar-refractivity contribution >= 4 is 21.7 Å². The minimum absolute atomic E-state index is 0.297. The Morgan fingerprint density at radius 2 is 2.23 bits per heavy atom. The lowest BCUT2D eigenvalue weighted by molar-refractivity contribution is 0.343. The van der Waals surface area contributed by atoms with Crippen LogP contribution in [0.15, 0.2) is 22.7 Å². The summed E-state index contributed by atoms with van der Waals surface area (Å²) in [6, 6.07) is 3.88. The first kappa shape index (κ1) is 8.63. The maximum atomic E-state index is 9.57. The fraction of sp³-hybridized carbons (Fsp3) is 0.200. The Kier molecular flexibility index (Phi) is 2.04. The summed E-state index contributed by atoms with van der Waals surface area (Å²) in [5, 5.41) is 9.57. The smallest absolute Gasteiger partial charge is 0.144 e. The van der Waals surface area contributed by atoms with Crippen molar-refractivity contribution in [3.05, 3.63) is 33.8 Å². The quantitative estimate of drug-likeness (QED) is 0.756. The van der Waals surface area contributed by atoms with Crippen LogP contribution in [0.4, 0.5) is 0 Å². The largest absolute Gasteiger partial charge is 0.507 e. The Labute approximate surface area is 85.0 Å². The predicted octanol–water partition coefficient (Wildman–Crippen LogP) is 3.05. The van der Waals surface area contributed by atoms with Crippen molar-refractivity contribution < 1.29 is 9.84 Å². The highest BCUT2D eigenvalue weighted by molar-refractivity contribution is 9.10. The molecule has 3 heteroatoms. The number of ether oxygens (including phenoxy) is 1. The zero-order valence-corrected chi connectivity index (χ0v) is 8.76. The number of hydrogen-bond acceptors (Lipinski definition) is 2. The SMILES string of the molecule is Cc1cc(Br)c2c(c1)C(O)=CCO2. The van der Waals surface area contributed by atoms with Gasteiger partial charge >= 0.3 is 0 Å². The van der Waals surface area contributed by atoms with Crippen molar-refractivity contribution in [1.29, 1.82) is 0 Å². The van der Waals surface area contributed by atoms with E-state index in [9.17, 15) is 5.11 Å². The third kappa shape index (κ3) is 1.44. The van der Waals surface area contributed by atoms with Crippen LogP contribution in [0, 0.1) is 6.92 Å². The number of aliphatic hydroxyl groups excluding tert-OH is 1. The molecule has 0 fully saturated rings. The van der Waals surface area contributed by atoms with Crippen molar-refractivity contribution in [2.24, 2.45) is 0 Å². The predicted molar refractivity (Wildman–Crippen MR) is 55.0 cm³/mol. The Morgan fingerprint density at radius 1 is 1.46 bits per heavy atom. The second-order valence-corrected chi connectivity index (χ2v) is 3.88. The summed E-state index contributed by atoms with van der Waals surface area (Å²) in [7, 11) is 0. The number of fused-ring (bicyclic) bond motifs is 1. The van der Waals surface area contributed by atoms with Gasteiger partial charge in [-0.1, -0.05) is 0 Å². The fourth-order valence-electron chi connectivity index (χ4n) is 1.38. The number of benzene rings is 1. The summed E-state index contributed by atoms with van der Waals surface area (Å²) < 4.78 is 6.29. The van der Waals surface area contributed by atoms with Gasteiger partial charge in [0.1, 0.15) is 18.1 Å². The first-order valence-corrected chi connectivity index (χ1v) is 4.80. The third-order valence-corrected chi connectivity index (χ3v) is 2.56. The fourth-order valence-corrected chi connectivity index (χ4v) is 2.07. The normalized spacial score (nSPS) is 14.5. The first-order chi connectivity index (χ1) is 6.18. The molecule has 1 aliphatic heterocycles. The summed E-state index contributed by atoms with van der Waals surface area (Å²) in [6.07, 6.45) is 1.66. The maximum Gasteiger partial charge on any atom is 0.144 e.